The van der Waals surface area contributed by atoms with Gasteiger partial charge in [0.2, 0.25) is 11.8 Å². The number of hydrogen-bond donors (Lipinski definition) is 1. The van der Waals surface area contributed by atoms with Gasteiger partial charge in [0.25, 0.3) is 0 Å². The molecule has 2 amide bonds. The summed E-state index contributed by atoms with van der Waals surface area (Å²) in [6.45, 7) is 0.125. The van der Waals surface area contributed by atoms with E-state index in [-0.39, 0.29) is 18.4 Å². The van der Waals surface area contributed by atoms with Crippen molar-refractivity contribution in [2.75, 3.05) is 13.6 Å². The van der Waals surface area contributed by atoms with Crippen molar-refractivity contribution in [3.05, 3.63) is 34.3 Å². The van der Waals surface area contributed by atoms with Gasteiger partial charge in [-0.2, -0.15) is 0 Å². The van der Waals surface area contributed by atoms with E-state index in [2.05, 4.69) is 21.2 Å². The Morgan fingerprint density at radius 3 is 2.75 bits per heavy atom. The number of carbonyl (C=O) groups is 2. The molecule has 1 aliphatic heterocycles. The molecule has 1 fully saturated rings. The molecule has 84 valence electrons. The Bertz CT molecular complexity index is 447. The number of piperazine rings is 1. The molecule has 4 nitrogen and oxygen atoms in total. The molecule has 1 atom stereocenters. The summed E-state index contributed by atoms with van der Waals surface area (Å²) in [5.74, 6) is -0.227. The molecule has 2 rings (SSSR count). The van der Waals surface area contributed by atoms with Gasteiger partial charge in [-0.15, -0.1) is 0 Å². The van der Waals surface area contributed by atoms with E-state index in [0.717, 1.165) is 10.0 Å². The second kappa shape index (κ2) is 4.25. The van der Waals surface area contributed by atoms with Gasteiger partial charge < -0.3 is 10.2 Å². The van der Waals surface area contributed by atoms with Crippen LogP contribution in [0.15, 0.2) is 28.7 Å². The lowest BCUT2D eigenvalue weighted by molar-refractivity contribution is -0.143. The molecule has 0 radical (unpaired) electrons. The standard InChI is InChI=1S/C11H11BrN2O2/c1-14-6-9(15)13-10(11(14)16)7-4-2-3-5-8(7)12/h2-5,10H,6H2,1H3,(H,13,15). The SMILES string of the molecule is CN1CC(=O)NC(c2ccccc2Br)C1=O. The molecule has 0 spiro atoms. The molecule has 1 N–H and O–H groups in total. The summed E-state index contributed by atoms with van der Waals surface area (Å²) in [5, 5.41) is 2.69. The lowest BCUT2D eigenvalue weighted by atomic mass is 10.0. The maximum Gasteiger partial charge on any atom is 0.250 e. The zero-order valence-electron chi connectivity index (χ0n) is 8.74. The number of nitrogens with zero attached hydrogens (tertiary/aromatic N) is 1. The van der Waals surface area contributed by atoms with Crippen LogP contribution in [0.4, 0.5) is 0 Å². The molecule has 1 unspecified atom stereocenters. The number of likely N-dealkylation sites (N-methyl/N-ethyl adjacent to an activating group) is 1. The molecular weight excluding hydrogens is 272 g/mol. The van der Waals surface area contributed by atoms with Crippen LogP contribution in [0.2, 0.25) is 0 Å². The van der Waals surface area contributed by atoms with Crippen molar-refractivity contribution in [3.63, 3.8) is 0 Å². The Balaban J connectivity index is 2.36. The first-order chi connectivity index (χ1) is 7.59. The van der Waals surface area contributed by atoms with Crippen LogP contribution >= 0.6 is 15.9 Å². The Hall–Kier alpha value is -1.36. The van der Waals surface area contributed by atoms with Crippen LogP contribution < -0.4 is 5.32 Å². The van der Waals surface area contributed by atoms with Crippen molar-refractivity contribution in [3.8, 4) is 0 Å². The number of amides is 2. The zero-order chi connectivity index (χ0) is 11.7. The maximum atomic E-state index is 11.9. The van der Waals surface area contributed by atoms with E-state index in [0.29, 0.717) is 0 Å². The van der Waals surface area contributed by atoms with Gasteiger partial charge in [0.05, 0.1) is 6.54 Å². The molecule has 1 aromatic carbocycles. The van der Waals surface area contributed by atoms with E-state index in [1.807, 2.05) is 24.3 Å². The maximum absolute atomic E-state index is 11.9. The fourth-order valence-electron chi connectivity index (χ4n) is 1.70. The number of hydrogen-bond acceptors (Lipinski definition) is 2. The second-order valence-electron chi connectivity index (χ2n) is 3.72. The normalized spacial score (nSPS) is 20.9. The summed E-state index contributed by atoms with van der Waals surface area (Å²) in [7, 11) is 1.63. The average Bonchev–Trinajstić information content (AvgIpc) is 2.24. The third kappa shape index (κ3) is 1.95. The molecular formula is C11H11BrN2O2. The summed E-state index contributed by atoms with van der Waals surface area (Å²) in [6, 6.07) is 6.80. The highest BCUT2D eigenvalue weighted by Gasteiger charge is 2.32. The van der Waals surface area contributed by atoms with Crippen molar-refractivity contribution in [1.29, 1.82) is 0 Å². The van der Waals surface area contributed by atoms with Gasteiger partial charge in [-0.25, -0.2) is 0 Å². The summed E-state index contributed by atoms with van der Waals surface area (Å²) in [5.41, 5.74) is 0.785. The molecule has 0 aromatic heterocycles. The van der Waals surface area contributed by atoms with Gasteiger partial charge in [-0.05, 0) is 11.6 Å². The predicted octanol–water partition coefficient (Wildman–Crippen LogP) is 1.08. The van der Waals surface area contributed by atoms with E-state index < -0.39 is 6.04 Å². The summed E-state index contributed by atoms with van der Waals surface area (Å²) >= 11 is 3.38. The number of rotatable bonds is 1. The third-order valence-corrected chi connectivity index (χ3v) is 3.25. The average molecular weight is 283 g/mol. The Kier molecular flexibility index (Phi) is 2.96. The van der Waals surface area contributed by atoms with Gasteiger partial charge in [0, 0.05) is 11.5 Å². The molecule has 0 saturated carbocycles. The van der Waals surface area contributed by atoms with Crippen molar-refractivity contribution in [2.45, 2.75) is 6.04 Å². The first kappa shape index (κ1) is 11.1. The van der Waals surface area contributed by atoms with Gasteiger partial charge in [0.15, 0.2) is 0 Å². The Labute approximate surface area is 102 Å². The lowest BCUT2D eigenvalue weighted by Gasteiger charge is -2.30. The van der Waals surface area contributed by atoms with Crippen LogP contribution in [0.3, 0.4) is 0 Å². The first-order valence-electron chi connectivity index (χ1n) is 4.88. The third-order valence-electron chi connectivity index (χ3n) is 2.53. The molecule has 0 bridgehead atoms. The number of benzene rings is 1. The number of halogens is 1. The molecule has 1 saturated heterocycles. The van der Waals surface area contributed by atoms with E-state index in [1.54, 1.807) is 7.05 Å². The van der Waals surface area contributed by atoms with E-state index in [9.17, 15) is 9.59 Å². The van der Waals surface area contributed by atoms with Gasteiger partial charge in [-0.3, -0.25) is 9.59 Å². The van der Waals surface area contributed by atoms with Crippen LogP contribution in [0, 0.1) is 0 Å². The highest BCUT2D eigenvalue weighted by molar-refractivity contribution is 9.10. The van der Waals surface area contributed by atoms with Crippen LogP contribution in [-0.4, -0.2) is 30.3 Å². The molecule has 5 heteroatoms. The molecule has 1 aliphatic rings. The second-order valence-corrected chi connectivity index (χ2v) is 4.57. The minimum Gasteiger partial charge on any atom is -0.339 e. The van der Waals surface area contributed by atoms with E-state index >= 15 is 0 Å². The highest BCUT2D eigenvalue weighted by atomic mass is 79.9. The number of nitrogens with one attached hydrogen (secondary N) is 1. The fourth-order valence-corrected chi connectivity index (χ4v) is 2.22. The van der Waals surface area contributed by atoms with Gasteiger partial charge >= 0.3 is 0 Å². The van der Waals surface area contributed by atoms with Crippen LogP contribution in [-0.2, 0) is 9.59 Å². The molecule has 1 aromatic rings. The zero-order valence-corrected chi connectivity index (χ0v) is 10.3. The van der Waals surface area contributed by atoms with Crippen LogP contribution in [0.25, 0.3) is 0 Å². The fraction of sp³-hybridized carbons (Fsp3) is 0.273. The van der Waals surface area contributed by atoms with E-state index in [1.165, 1.54) is 4.90 Å². The summed E-state index contributed by atoms with van der Waals surface area (Å²) in [6.07, 6.45) is 0. The minimum absolute atomic E-state index is 0.0912. The molecule has 1 heterocycles. The number of carbonyl (C=O) groups excluding carboxylic acids is 2. The topological polar surface area (TPSA) is 49.4 Å². The van der Waals surface area contributed by atoms with Crippen molar-refractivity contribution >= 4 is 27.7 Å². The Morgan fingerprint density at radius 2 is 2.06 bits per heavy atom. The summed E-state index contributed by atoms with van der Waals surface area (Å²) in [4.78, 5) is 24.7. The lowest BCUT2D eigenvalue weighted by Crippen LogP contribution is -2.51. The smallest absolute Gasteiger partial charge is 0.250 e. The monoisotopic (exact) mass is 282 g/mol. The summed E-state index contributed by atoms with van der Waals surface area (Å²) < 4.78 is 0.823. The van der Waals surface area contributed by atoms with Crippen molar-refractivity contribution < 1.29 is 9.59 Å². The van der Waals surface area contributed by atoms with Crippen LogP contribution in [0.1, 0.15) is 11.6 Å². The van der Waals surface area contributed by atoms with E-state index in [4.69, 9.17) is 0 Å². The largest absolute Gasteiger partial charge is 0.339 e. The Morgan fingerprint density at radius 1 is 1.38 bits per heavy atom. The molecule has 0 aliphatic carbocycles. The molecule has 16 heavy (non-hydrogen) atoms. The van der Waals surface area contributed by atoms with Gasteiger partial charge in [-0.1, -0.05) is 34.1 Å². The highest BCUT2D eigenvalue weighted by Crippen LogP contribution is 2.25. The quantitative estimate of drug-likeness (QED) is 0.838. The minimum atomic E-state index is -0.582. The first-order valence-corrected chi connectivity index (χ1v) is 5.67. The predicted molar refractivity (Wildman–Crippen MR) is 62.7 cm³/mol. The van der Waals surface area contributed by atoms with Crippen molar-refractivity contribution in [2.24, 2.45) is 0 Å². The van der Waals surface area contributed by atoms with Crippen LogP contribution in [0.5, 0.6) is 0 Å². The van der Waals surface area contributed by atoms with Crippen molar-refractivity contribution in [1.82, 2.24) is 10.2 Å². The van der Waals surface area contributed by atoms with Gasteiger partial charge in [0.1, 0.15) is 6.04 Å².